The van der Waals surface area contributed by atoms with Crippen LogP contribution in [0.2, 0.25) is 0 Å². The summed E-state index contributed by atoms with van der Waals surface area (Å²) < 4.78 is 5.00. The fourth-order valence-electron chi connectivity index (χ4n) is 2.13. The van der Waals surface area contributed by atoms with Gasteiger partial charge in [-0.3, -0.25) is 4.79 Å². The highest BCUT2D eigenvalue weighted by Crippen LogP contribution is 2.19. The molecule has 2 aromatic rings. The zero-order chi connectivity index (χ0) is 15.6. The van der Waals surface area contributed by atoms with E-state index in [4.69, 9.17) is 4.52 Å². The molecule has 0 aliphatic carbocycles. The molecule has 21 heavy (non-hydrogen) atoms. The van der Waals surface area contributed by atoms with Gasteiger partial charge in [-0.25, -0.2) is 4.79 Å². The molecule has 0 fully saturated rings. The summed E-state index contributed by atoms with van der Waals surface area (Å²) in [4.78, 5) is 23.7. The first-order chi connectivity index (χ1) is 9.90. The maximum atomic E-state index is 12.3. The molecule has 0 unspecified atom stereocenters. The lowest BCUT2D eigenvalue weighted by molar-refractivity contribution is 0.0690. The number of aryl methyl sites for hydroxylation is 3. The van der Waals surface area contributed by atoms with Crippen molar-refractivity contribution in [2.24, 2.45) is 0 Å². The van der Waals surface area contributed by atoms with Crippen LogP contribution in [0.15, 0.2) is 22.7 Å². The fourth-order valence-corrected chi connectivity index (χ4v) is 2.13. The number of hydrogen-bond donors (Lipinski definition) is 2. The number of aromatic nitrogens is 1. The Hall–Kier alpha value is -2.63. The first-order valence-electron chi connectivity index (χ1n) is 6.44. The summed E-state index contributed by atoms with van der Waals surface area (Å²) in [7, 11) is 0. The number of aromatic carboxylic acids is 1. The van der Waals surface area contributed by atoms with Gasteiger partial charge in [-0.05, 0) is 31.9 Å². The highest BCUT2D eigenvalue weighted by molar-refractivity contribution is 6.06. The van der Waals surface area contributed by atoms with Gasteiger partial charge in [0.2, 0.25) is 0 Å². The van der Waals surface area contributed by atoms with Crippen LogP contribution in [0.5, 0.6) is 0 Å². The predicted octanol–water partition coefficient (Wildman–Crippen LogP) is 2.23. The van der Waals surface area contributed by atoms with E-state index in [0.29, 0.717) is 16.9 Å². The largest absolute Gasteiger partial charge is 0.478 e. The molecule has 6 nitrogen and oxygen atoms in total. The SMILES string of the molecule is Cc1cc(CNC(=O)c2c(C)ccc(C)c2C(=O)O)on1. The van der Waals surface area contributed by atoms with Gasteiger partial charge in [-0.2, -0.15) is 0 Å². The minimum absolute atomic E-state index is 0.0289. The zero-order valence-corrected chi connectivity index (χ0v) is 12.1. The number of amides is 1. The zero-order valence-electron chi connectivity index (χ0n) is 12.1. The minimum Gasteiger partial charge on any atom is -0.478 e. The number of benzene rings is 1. The molecule has 0 aliphatic rings. The molecule has 6 heteroatoms. The topological polar surface area (TPSA) is 92.4 Å². The van der Waals surface area contributed by atoms with Crippen LogP contribution >= 0.6 is 0 Å². The van der Waals surface area contributed by atoms with Crippen molar-refractivity contribution in [2.75, 3.05) is 0 Å². The number of rotatable bonds is 4. The van der Waals surface area contributed by atoms with Crippen LogP contribution in [0, 0.1) is 20.8 Å². The van der Waals surface area contributed by atoms with E-state index >= 15 is 0 Å². The van der Waals surface area contributed by atoms with E-state index in [1.54, 1.807) is 39.0 Å². The lowest BCUT2D eigenvalue weighted by atomic mass is 9.96. The molecule has 1 amide bonds. The number of nitrogens with one attached hydrogen (secondary N) is 1. The summed E-state index contributed by atoms with van der Waals surface area (Å²) in [5.74, 6) is -1.04. The average molecular weight is 288 g/mol. The van der Waals surface area contributed by atoms with Crippen molar-refractivity contribution < 1.29 is 19.2 Å². The van der Waals surface area contributed by atoms with E-state index in [1.165, 1.54) is 0 Å². The second-order valence-corrected chi connectivity index (χ2v) is 4.87. The number of nitrogens with zero attached hydrogens (tertiary/aromatic N) is 1. The molecular formula is C15H16N2O4. The minimum atomic E-state index is -1.11. The standard InChI is InChI=1S/C15H16N2O4/c1-8-4-5-9(2)13(15(19)20)12(8)14(18)16-7-11-6-10(3)17-21-11/h4-6H,7H2,1-3H3,(H,16,18)(H,19,20). The molecule has 2 N–H and O–H groups in total. The molecule has 1 heterocycles. The third kappa shape index (κ3) is 3.10. The summed E-state index contributed by atoms with van der Waals surface area (Å²) in [5, 5.41) is 15.7. The fraction of sp³-hybridized carbons (Fsp3) is 0.267. The van der Waals surface area contributed by atoms with Crippen LogP contribution in [-0.4, -0.2) is 22.1 Å². The smallest absolute Gasteiger partial charge is 0.336 e. The van der Waals surface area contributed by atoms with Gasteiger partial charge >= 0.3 is 5.97 Å². The van der Waals surface area contributed by atoms with Crippen LogP contribution < -0.4 is 5.32 Å². The van der Waals surface area contributed by atoms with Crippen molar-refractivity contribution in [1.82, 2.24) is 10.5 Å². The molecule has 0 saturated carbocycles. The van der Waals surface area contributed by atoms with Crippen LogP contribution in [0.4, 0.5) is 0 Å². The van der Waals surface area contributed by atoms with Crippen molar-refractivity contribution in [3.63, 3.8) is 0 Å². The Balaban J connectivity index is 2.26. The first kappa shape index (κ1) is 14.8. The van der Waals surface area contributed by atoms with Gasteiger partial charge in [0.15, 0.2) is 5.76 Å². The Kier molecular flexibility index (Phi) is 4.07. The third-order valence-corrected chi connectivity index (χ3v) is 3.16. The van der Waals surface area contributed by atoms with Crippen LogP contribution in [0.1, 0.15) is 43.3 Å². The monoisotopic (exact) mass is 288 g/mol. The van der Waals surface area contributed by atoms with Gasteiger partial charge in [0, 0.05) is 6.07 Å². The van der Waals surface area contributed by atoms with Gasteiger partial charge in [0.05, 0.1) is 23.4 Å². The molecule has 1 aromatic heterocycles. The van der Waals surface area contributed by atoms with Gasteiger partial charge in [-0.1, -0.05) is 17.3 Å². The summed E-state index contributed by atoms with van der Waals surface area (Å²) in [6.45, 7) is 5.31. The quantitative estimate of drug-likeness (QED) is 0.900. The van der Waals surface area contributed by atoms with E-state index in [0.717, 1.165) is 5.69 Å². The molecule has 0 saturated heterocycles. The van der Waals surface area contributed by atoms with E-state index < -0.39 is 11.9 Å². The Morgan fingerprint density at radius 2 is 1.81 bits per heavy atom. The van der Waals surface area contributed by atoms with Crippen molar-refractivity contribution in [1.29, 1.82) is 0 Å². The predicted molar refractivity (Wildman–Crippen MR) is 75.3 cm³/mol. The number of carboxylic acid groups (broad SMARTS) is 1. The van der Waals surface area contributed by atoms with Gasteiger partial charge in [-0.15, -0.1) is 0 Å². The molecule has 2 rings (SSSR count). The van der Waals surface area contributed by atoms with E-state index in [9.17, 15) is 14.7 Å². The van der Waals surface area contributed by atoms with Crippen LogP contribution in [-0.2, 0) is 6.54 Å². The molecule has 1 aromatic carbocycles. The van der Waals surface area contributed by atoms with Crippen LogP contribution in [0.25, 0.3) is 0 Å². The van der Waals surface area contributed by atoms with E-state index in [-0.39, 0.29) is 17.7 Å². The third-order valence-electron chi connectivity index (χ3n) is 3.16. The molecule has 110 valence electrons. The van der Waals surface area contributed by atoms with Gasteiger partial charge < -0.3 is 14.9 Å². The number of hydrogen-bond acceptors (Lipinski definition) is 4. The van der Waals surface area contributed by atoms with Crippen molar-refractivity contribution in [3.8, 4) is 0 Å². The van der Waals surface area contributed by atoms with Crippen molar-refractivity contribution in [2.45, 2.75) is 27.3 Å². The van der Waals surface area contributed by atoms with E-state index in [1.807, 2.05) is 0 Å². The lowest BCUT2D eigenvalue weighted by Gasteiger charge is -2.12. The van der Waals surface area contributed by atoms with E-state index in [2.05, 4.69) is 10.5 Å². The highest BCUT2D eigenvalue weighted by Gasteiger charge is 2.21. The number of carboxylic acids is 1. The maximum Gasteiger partial charge on any atom is 0.336 e. The Labute approximate surface area is 121 Å². The summed E-state index contributed by atoms with van der Waals surface area (Å²) >= 11 is 0. The highest BCUT2D eigenvalue weighted by atomic mass is 16.5. The van der Waals surface area contributed by atoms with Gasteiger partial charge in [0.25, 0.3) is 5.91 Å². The number of carbonyl (C=O) groups is 2. The first-order valence-corrected chi connectivity index (χ1v) is 6.44. The second-order valence-electron chi connectivity index (χ2n) is 4.87. The summed E-state index contributed by atoms with van der Waals surface area (Å²) in [6.07, 6.45) is 0. The Morgan fingerprint density at radius 3 is 2.33 bits per heavy atom. The van der Waals surface area contributed by atoms with Crippen molar-refractivity contribution >= 4 is 11.9 Å². The molecule has 0 radical (unpaired) electrons. The molecular weight excluding hydrogens is 272 g/mol. The molecule has 0 spiro atoms. The maximum absolute atomic E-state index is 12.3. The molecule has 0 atom stereocenters. The molecule has 0 bridgehead atoms. The number of carbonyl (C=O) groups excluding carboxylic acids is 1. The Bertz CT molecular complexity index is 704. The summed E-state index contributed by atoms with van der Waals surface area (Å²) in [6, 6.07) is 5.13. The average Bonchev–Trinajstić information content (AvgIpc) is 2.83. The summed E-state index contributed by atoms with van der Waals surface area (Å²) in [5.41, 5.74) is 2.09. The Morgan fingerprint density at radius 1 is 1.19 bits per heavy atom. The van der Waals surface area contributed by atoms with Crippen LogP contribution in [0.3, 0.4) is 0 Å². The lowest BCUT2D eigenvalue weighted by Crippen LogP contribution is -2.26. The second kappa shape index (κ2) is 5.78. The normalized spacial score (nSPS) is 10.4. The van der Waals surface area contributed by atoms with Gasteiger partial charge in [0.1, 0.15) is 0 Å². The molecule has 0 aliphatic heterocycles. The van der Waals surface area contributed by atoms with Crippen molar-refractivity contribution in [3.05, 3.63) is 51.9 Å².